The standard InChI is InChI=1S/C7H10FN3O/c1-5-10-4-6(11-5)7(12)9-3-2-8/h4H,2-3H2,1H3,(H,9,12)(H,10,11). The molecule has 4 nitrogen and oxygen atoms in total. The number of aromatic nitrogens is 2. The summed E-state index contributed by atoms with van der Waals surface area (Å²) in [5.41, 5.74) is 0.362. The number of aryl methyl sites for hydroxylation is 1. The third-order valence-electron chi connectivity index (χ3n) is 1.33. The number of hydrogen-bond donors (Lipinski definition) is 2. The van der Waals surface area contributed by atoms with Gasteiger partial charge in [-0.2, -0.15) is 0 Å². The van der Waals surface area contributed by atoms with E-state index in [9.17, 15) is 9.18 Å². The molecule has 2 N–H and O–H groups in total. The van der Waals surface area contributed by atoms with E-state index in [0.29, 0.717) is 11.5 Å². The first-order valence-electron chi connectivity index (χ1n) is 3.60. The summed E-state index contributed by atoms with van der Waals surface area (Å²) in [4.78, 5) is 17.6. The van der Waals surface area contributed by atoms with E-state index in [4.69, 9.17) is 0 Å². The molecule has 0 atom stereocenters. The molecule has 0 aliphatic heterocycles. The van der Waals surface area contributed by atoms with E-state index in [0.717, 1.165) is 0 Å². The normalized spacial score (nSPS) is 9.83. The van der Waals surface area contributed by atoms with Crippen LogP contribution in [0.3, 0.4) is 0 Å². The molecule has 12 heavy (non-hydrogen) atoms. The Morgan fingerprint density at radius 3 is 3.08 bits per heavy atom. The van der Waals surface area contributed by atoms with Crippen LogP contribution in [0.5, 0.6) is 0 Å². The molecule has 0 aliphatic rings. The van der Waals surface area contributed by atoms with Crippen molar-refractivity contribution in [2.45, 2.75) is 6.92 Å². The minimum atomic E-state index is -0.557. The first-order valence-corrected chi connectivity index (χ1v) is 3.60. The van der Waals surface area contributed by atoms with Crippen molar-refractivity contribution in [3.63, 3.8) is 0 Å². The van der Waals surface area contributed by atoms with Gasteiger partial charge in [0.1, 0.15) is 18.2 Å². The monoisotopic (exact) mass is 171 g/mol. The van der Waals surface area contributed by atoms with Crippen molar-refractivity contribution in [3.8, 4) is 0 Å². The van der Waals surface area contributed by atoms with Gasteiger partial charge in [-0.3, -0.25) is 4.79 Å². The van der Waals surface area contributed by atoms with E-state index in [1.54, 1.807) is 6.92 Å². The number of H-pyrrole nitrogens is 1. The summed E-state index contributed by atoms with van der Waals surface area (Å²) in [7, 11) is 0. The van der Waals surface area contributed by atoms with E-state index in [1.165, 1.54) is 6.20 Å². The molecule has 0 radical (unpaired) electrons. The number of carbonyl (C=O) groups excluding carboxylic acids is 1. The average molecular weight is 171 g/mol. The summed E-state index contributed by atoms with van der Waals surface area (Å²) in [5, 5.41) is 2.38. The van der Waals surface area contributed by atoms with Crippen LogP contribution in [-0.2, 0) is 0 Å². The van der Waals surface area contributed by atoms with Gasteiger partial charge in [0.25, 0.3) is 5.91 Å². The van der Waals surface area contributed by atoms with Gasteiger partial charge < -0.3 is 10.3 Å². The lowest BCUT2D eigenvalue weighted by Gasteiger charge is -1.97. The highest BCUT2D eigenvalue weighted by molar-refractivity contribution is 5.92. The van der Waals surface area contributed by atoms with Crippen molar-refractivity contribution in [2.24, 2.45) is 0 Å². The molecule has 0 saturated heterocycles. The minimum absolute atomic E-state index is 0.0386. The maximum atomic E-state index is 11.6. The predicted molar refractivity (Wildman–Crippen MR) is 41.6 cm³/mol. The number of halogens is 1. The van der Waals surface area contributed by atoms with Crippen LogP contribution in [0.15, 0.2) is 6.20 Å². The van der Waals surface area contributed by atoms with E-state index < -0.39 is 6.67 Å². The van der Waals surface area contributed by atoms with Crippen LogP contribution in [-0.4, -0.2) is 29.1 Å². The molecule has 0 bridgehead atoms. The van der Waals surface area contributed by atoms with E-state index in [2.05, 4.69) is 15.3 Å². The Kier molecular flexibility index (Phi) is 2.79. The number of aromatic amines is 1. The molecule has 0 aliphatic carbocycles. The van der Waals surface area contributed by atoms with E-state index in [-0.39, 0.29) is 12.5 Å². The molecule has 0 aromatic carbocycles. The molecule has 0 spiro atoms. The van der Waals surface area contributed by atoms with Crippen LogP contribution in [0, 0.1) is 6.92 Å². The molecule has 1 amide bonds. The fourth-order valence-corrected chi connectivity index (χ4v) is 0.792. The molecule has 1 aromatic heterocycles. The molecule has 0 fully saturated rings. The molecule has 1 aromatic rings. The molecule has 66 valence electrons. The number of nitrogens with zero attached hydrogens (tertiary/aromatic N) is 1. The lowest BCUT2D eigenvalue weighted by molar-refractivity contribution is 0.0946. The van der Waals surface area contributed by atoms with Gasteiger partial charge in [0.15, 0.2) is 0 Å². The van der Waals surface area contributed by atoms with Gasteiger partial charge in [0.2, 0.25) is 0 Å². The van der Waals surface area contributed by atoms with Crippen LogP contribution >= 0.6 is 0 Å². The van der Waals surface area contributed by atoms with Crippen molar-refractivity contribution < 1.29 is 9.18 Å². The van der Waals surface area contributed by atoms with Gasteiger partial charge in [-0.05, 0) is 6.92 Å². The Labute approximate surface area is 69.2 Å². The van der Waals surface area contributed by atoms with Crippen LogP contribution in [0.1, 0.15) is 16.3 Å². The summed E-state index contributed by atoms with van der Waals surface area (Å²) < 4.78 is 11.6. The van der Waals surface area contributed by atoms with E-state index >= 15 is 0 Å². The third-order valence-corrected chi connectivity index (χ3v) is 1.33. The minimum Gasteiger partial charge on any atom is -0.348 e. The highest BCUT2D eigenvalue weighted by atomic mass is 19.1. The molecule has 0 unspecified atom stereocenters. The maximum absolute atomic E-state index is 11.6. The lowest BCUT2D eigenvalue weighted by Crippen LogP contribution is -2.25. The first-order chi connectivity index (χ1) is 5.74. The number of alkyl halides is 1. The van der Waals surface area contributed by atoms with Crippen LogP contribution < -0.4 is 5.32 Å². The summed E-state index contributed by atoms with van der Waals surface area (Å²) in [6, 6.07) is 0. The maximum Gasteiger partial charge on any atom is 0.269 e. The first kappa shape index (κ1) is 8.70. The second-order valence-corrected chi connectivity index (χ2v) is 2.33. The van der Waals surface area contributed by atoms with Gasteiger partial charge >= 0.3 is 0 Å². The van der Waals surface area contributed by atoms with Crippen molar-refractivity contribution >= 4 is 5.91 Å². The van der Waals surface area contributed by atoms with Gasteiger partial charge in [-0.15, -0.1) is 0 Å². The van der Waals surface area contributed by atoms with Gasteiger partial charge in [0, 0.05) is 6.54 Å². The van der Waals surface area contributed by atoms with Crippen molar-refractivity contribution in [2.75, 3.05) is 13.2 Å². The summed E-state index contributed by atoms with van der Waals surface area (Å²) in [5.74, 6) is 0.341. The number of imidazole rings is 1. The Balaban J connectivity index is 2.53. The molecule has 0 saturated carbocycles. The topological polar surface area (TPSA) is 57.8 Å². The van der Waals surface area contributed by atoms with Crippen molar-refractivity contribution in [3.05, 3.63) is 17.7 Å². The zero-order valence-corrected chi connectivity index (χ0v) is 6.72. The zero-order valence-electron chi connectivity index (χ0n) is 6.72. The molecule has 5 heteroatoms. The lowest BCUT2D eigenvalue weighted by atomic mass is 10.4. The second-order valence-electron chi connectivity index (χ2n) is 2.33. The second kappa shape index (κ2) is 3.85. The third kappa shape index (κ3) is 2.05. The Hall–Kier alpha value is -1.39. The summed E-state index contributed by atoms with van der Waals surface area (Å²) in [6.07, 6.45) is 1.42. The van der Waals surface area contributed by atoms with Crippen LogP contribution in [0.4, 0.5) is 4.39 Å². The Morgan fingerprint density at radius 1 is 1.83 bits per heavy atom. The SMILES string of the molecule is Cc1ncc(C(=O)NCCF)[nH]1. The number of hydrogen-bond acceptors (Lipinski definition) is 2. The highest BCUT2D eigenvalue weighted by Gasteiger charge is 2.05. The van der Waals surface area contributed by atoms with Crippen LogP contribution in [0.2, 0.25) is 0 Å². The Morgan fingerprint density at radius 2 is 2.58 bits per heavy atom. The van der Waals surface area contributed by atoms with Gasteiger partial charge in [-0.25, -0.2) is 9.37 Å². The average Bonchev–Trinajstić information content (AvgIpc) is 2.47. The van der Waals surface area contributed by atoms with Crippen molar-refractivity contribution in [1.29, 1.82) is 0 Å². The zero-order chi connectivity index (χ0) is 8.97. The molecular weight excluding hydrogens is 161 g/mol. The quantitative estimate of drug-likeness (QED) is 0.692. The number of nitrogens with one attached hydrogen (secondary N) is 2. The predicted octanol–water partition coefficient (Wildman–Crippen LogP) is 0.417. The van der Waals surface area contributed by atoms with Gasteiger partial charge in [-0.1, -0.05) is 0 Å². The number of rotatable bonds is 3. The summed E-state index contributed by atoms with van der Waals surface area (Å²) in [6.45, 7) is 1.22. The smallest absolute Gasteiger partial charge is 0.269 e. The fraction of sp³-hybridized carbons (Fsp3) is 0.429. The van der Waals surface area contributed by atoms with Crippen LogP contribution in [0.25, 0.3) is 0 Å². The van der Waals surface area contributed by atoms with Crippen molar-refractivity contribution in [1.82, 2.24) is 15.3 Å². The number of carbonyl (C=O) groups is 1. The fourth-order valence-electron chi connectivity index (χ4n) is 0.792. The molecule has 1 rings (SSSR count). The molecular formula is C7H10FN3O. The Bertz CT molecular complexity index is 271. The summed E-state index contributed by atoms with van der Waals surface area (Å²) >= 11 is 0. The molecule has 1 heterocycles. The van der Waals surface area contributed by atoms with E-state index in [1.807, 2.05) is 0 Å². The van der Waals surface area contributed by atoms with Gasteiger partial charge in [0.05, 0.1) is 6.20 Å². The largest absolute Gasteiger partial charge is 0.348 e. The number of amides is 1. The highest BCUT2D eigenvalue weighted by Crippen LogP contribution is 1.94.